The molecule has 0 aromatic heterocycles. The Morgan fingerprint density at radius 2 is 2.18 bits per heavy atom. The molecule has 0 bridgehead atoms. The van der Waals surface area contributed by atoms with Gasteiger partial charge in [0.15, 0.2) is 0 Å². The SMILES string of the molecule is C=C/C=C(\N)NC1=C(C(N)=O)C(/C=C(\C)CCC)CC(C)=N1. The summed E-state index contributed by atoms with van der Waals surface area (Å²) in [7, 11) is 0. The number of nitrogens with zero attached hydrogens (tertiary/aromatic N) is 1. The van der Waals surface area contributed by atoms with Gasteiger partial charge in [-0.2, -0.15) is 0 Å². The van der Waals surface area contributed by atoms with Crippen LogP contribution in [0.5, 0.6) is 0 Å². The number of carbonyl (C=O) groups is 1. The van der Waals surface area contributed by atoms with Crippen LogP contribution in [0.3, 0.4) is 0 Å². The van der Waals surface area contributed by atoms with Crippen LogP contribution in [-0.2, 0) is 4.79 Å². The fraction of sp³-hybridized carbons (Fsp3) is 0.412. The smallest absolute Gasteiger partial charge is 0.248 e. The Balaban J connectivity index is 3.24. The first-order valence-electron chi connectivity index (χ1n) is 7.49. The van der Waals surface area contributed by atoms with Gasteiger partial charge in [0.1, 0.15) is 11.6 Å². The van der Waals surface area contributed by atoms with Gasteiger partial charge in [-0.15, -0.1) is 0 Å². The zero-order valence-corrected chi connectivity index (χ0v) is 13.6. The highest BCUT2D eigenvalue weighted by molar-refractivity contribution is 5.97. The zero-order valence-electron chi connectivity index (χ0n) is 13.6. The van der Waals surface area contributed by atoms with Crippen LogP contribution in [0.4, 0.5) is 0 Å². The zero-order chi connectivity index (χ0) is 16.7. The minimum absolute atomic E-state index is 0.0689. The number of carbonyl (C=O) groups excluding carboxylic acids is 1. The fourth-order valence-corrected chi connectivity index (χ4v) is 2.56. The molecule has 5 nitrogen and oxygen atoms in total. The normalized spacial score (nSPS) is 19.8. The van der Waals surface area contributed by atoms with Gasteiger partial charge < -0.3 is 16.8 Å². The first-order valence-corrected chi connectivity index (χ1v) is 7.49. The molecule has 1 aliphatic heterocycles. The van der Waals surface area contributed by atoms with Crippen molar-refractivity contribution in [2.24, 2.45) is 22.4 Å². The van der Waals surface area contributed by atoms with Gasteiger partial charge in [0.2, 0.25) is 5.91 Å². The molecule has 0 saturated heterocycles. The van der Waals surface area contributed by atoms with E-state index in [9.17, 15) is 4.79 Å². The van der Waals surface area contributed by atoms with Gasteiger partial charge in [-0.1, -0.05) is 37.6 Å². The molecule has 0 fully saturated rings. The Morgan fingerprint density at radius 1 is 1.50 bits per heavy atom. The van der Waals surface area contributed by atoms with Crippen LogP contribution in [0.15, 0.2) is 52.6 Å². The Hall–Kier alpha value is -2.30. The summed E-state index contributed by atoms with van der Waals surface area (Å²) >= 11 is 0. The van der Waals surface area contributed by atoms with Crippen molar-refractivity contribution >= 4 is 11.6 Å². The van der Waals surface area contributed by atoms with E-state index >= 15 is 0 Å². The Morgan fingerprint density at radius 3 is 2.73 bits per heavy atom. The van der Waals surface area contributed by atoms with Crippen molar-refractivity contribution in [1.29, 1.82) is 0 Å². The van der Waals surface area contributed by atoms with E-state index in [1.54, 1.807) is 12.2 Å². The molecule has 1 heterocycles. The number of hydrogen-bond donors (Lipinski definition) is 3. The minimum atomic E-state index is -0.476. The van der Waals surface area contributed by atoms with Crippen LogP contribution in [-0.4, -0.2) is 11.6 Å². The van der Waals surface area contributed by atoms with Gasteiger partial charge in [0.05, 0.1) is 5.57 Å². The molecule has 0 saturated carbocycles. The maximum Gasteiger partial charge on any atom is 0.248 e. The van der Waals surface area contributed by atoms with Crippen LogP contribution < -0.4 is 16.8 Å². The lowest BCUT2D eigenvalue weighted by Gasteiger charge is -2.24. The van der Waals surface area contributed by atoms with Gasteiger partial charge in [-0.3, -0.25) is 4.79 Å². The molecule has 0 aromatic rings. The van der Waals surface area contributed by atoms with E-state index < -0.39 is 5.91 Å². The lowest BCUT2D eigenvalue weighted by molar-refractivity contribution is -0.115. The lowest BCUT2D eigenvalue weighted by atomic mass is 9.88. The number of aliphatic imine (C=N–C) groups is 1. The van der Waals surface area contributed by atoms with E-state index in [1.165, 1.54) is 5.57 Å². The molecule has 1 unspecified atom stereocenters. The van der Waals surface area contributed by atoms with Crippen LogP contribution in [0, 0.1) is 5.92 Å². The van der Waals surface area contributed by atoms with Crippen molar-refractivity contribution in [3.8, 4) is 0 Å². The van der Waals surface area contributed by atoms with Gasteiger partial charge >= 0.3 is 0 Å². The highest BCUT2D eigenvalue weighted by Crippen LogP contribution is 2.27. The molecule has 5 N–H and O–H groups in total. The predicted molar refractivity (Wildman–Crippen MR) is 91.7 cm³/mol. The highest BCUT2D eigenvalue weighted by atomic mass is 16.1. The largest absolute Gasteiger partial charge is 0.385 e. The molecule has 1 rings (SSSR count). The third kappa shape index (κ3) is 4.91. The van der Waals surface area contributed by atoms with Crippen molar-refractivity contribution in [2.75, 3.05) is 0 Å². The topological polar surface area (TPSA) is 93.5 Å². The van der Waals surface area contributed by atoms with Crippen molar-refractivity contribution in [1.82, 2.24) is 5.32 Å². The molecule has 5 heteroatoms. The number of amides is 1. The monoisotopic (exact) mass is 302 g/mol. The summed E-state index contributed by atoms with van der Waals surface area (Å²) < 4.78 is 0. The molecular formula is C17H26N4O. The van der Waals surface area contributed by atoms with E-state index in [-0.39, 0.29) is 5.92 Å². The summed E-state index contributed by atoms with van der Waals surface area (Å²) in [6.45, 7) is 9.72. The van der Waals surface area contributed by atoms with E-state index in [0.717, 1.165) is 18.6 Å². The molecule has 0 spiro atoms. The summed E-state index contributed by atoms with van der Waals surface area (Å²) in [6.07, 6.45) is 8.04. The molecule has 120 valence electrons. The minimum Gasteiger partial charge on any atom is -0.385 e. The molecule has 22 heavy (non-hydrogen) atoms. The maximum absolute atomic E-state index is 11.9. The van der Waals surface area contributed by atoms with E-state index in [1.807, 2.05) is 6.92 Å². The molecule has 1 aliphatic rings. The van der Waals surface area contributed by atoms with Crippen LogP contribution in [0.2, 0.25) is 0 Å². The number of nitrogens with one attached hydrogen (secondary N) is 1. The molecule has 1 amide bonds. The first kappa shape index (κ1) is 17.8. The van der Waals surface area contributed by atoms with Crippen molar-refractivity contribution in [2.45, 2.75) is 40.0 Å². The second-order valence-electron chi connectivity index (χ2n) is 5.53. The van der Waals surface area contributed by atoms with Gasteiger partial charge in [-0.05, 0) is 32.8 Å². The van der Waals surface area contributed by atoms with Gasteiger partial charge in [0, 0.05) is 11.6 Å². The predicted octanol–water partition coefficient (Wildman–Crippen LogP) is 2.49. The third-order valence-corrected chi connectivity index (χ3v) is 3.40. The number of rotatable bonds is 7. The number of allylic oxidation sites excluding steroid dienone is 4. The quantitative estimate of drug-likeness (QED) is 0.498. The lowest BCUT2D eigenvalue weighted by Crippen LogP contribution is -2.31. The van der Waals surface area contributed by atoms with Crippen LogP contribution in [0.1, 0.15) is 40.0 Å². The van der Waals surface area contributed by atoms with Crippen molar-refractivity contribution in [3.05, 3.63) is 47.6 Å². The Kier molecular flexibility index (Phi) is 6.63. The summed E-state index contributed by atoms with van der Waals surface area (Å²) in [5.74, 6) is 0.254. The second kappa shape index (κ2) is 8.22. The fourth-order valence-electron chi connectivity index (χ4n) is 2.56. The Labute approximate surface area is 132 Å². The average Bonchev–Trinajstić information content (AvgIpc) is 2.37. The first-order chi connectivity index (χ1) is 10.4. The molecular weight excluding hydrogens is 276 g/mol. The van der Waals surface area contributed by atoms with Gasteiger partial charge in [-0.25, -0.2) is 4.99 Å². The molecule has 0 aromatic carbocycles. The van der Waals surface area contributed by atoms with E-state index in [2.05, 4.69) is 36.8 Å². The highest BCUT2D eigenvalue weighted by Gasteiger charge is 2.26. The Bertz CT molecular complexity index is 567. The number of primary amides is 1. The number of nitrogens with two attached hydrogens (primary N) is 2. The van der Waals surface area contributed by atoms with E-state index in [0.29, 0.717) is 23.6 Å². The standard InChI is InChI=1S/C17H26N4O/c1-5-7-11(3)9-13-10-12(4)20-17(15(13)16(19)22)21-14(18)8-6-2/h6,8-9,13,21H,2,5,7,10,18H2,1,3-4H3,(H2,19,22)/b11-9+,14-8+. The van der Waals surface area contributed by atoms with Gasteiger partial charge in [0.25, 0.3) is 0 Å². The molecule has 1 atom stereocenters. The van der Waals surface area contributed by atoms with Crippen molar-refractivity contribution < 1.29 is 4.79 Å². The molecule has 0 aliphatic carbocycles. The second-order valence-corrected chi connectivity index (χ2v) is 5.53. The third-order valence-electron chi connectivity index (χ3n) is 3.40. The summed E-state index contributed by atoms with van der Waals surface area (Å²) in [5.41, 5.74) is 14.1. The summed E-state index contributed by atoms with van der Waals surface area (Å²) in [5, 5.41) is 2.95. The maximum atomic E-state index is 11.9. The average molecular weight is 302 g/mol. The van der Waals surface area contributed by atoms with Crippen LogP contribution in [0.25, 0.3) is 0 Å². The molecule has 0 radical (unpaired) electrons. The summed E-state index contributed by atoms with van der Waals surface area (Å²) in [6, 6.07) is 0. The summed E-state index contributed by atoms with van der Waals surface area (Å²) in [4.78, 5) is 16.3. The van der Waals surface area contributed by atoms with Crippen molar-refractivity contribution in [3.63, 3.8) is 0 Å². The van der Waals surface area contributed by atoms with Crippen LogP contribution >= 0.6 is 0 Å². The number of hydrogen-bond acceptors (Lipinski definition) is 4. The van der Waals surface area contributed by atoms with E-state index in [4.69, 9.17) is 11.5 Å².